The Balaban J connectivity index is 2.16. The van der Waals surface area contributed by atoms with Gasteiger partial charge in [-0.3, -0.25) is 14.5 Å². The summed E-state index contributed by atoms with van der Waals surface area (Å²) in [6.07, 6.45) is 2.26. The quantitative estimate of drug-likeness (QED) is 0.851. The van der Waals surface area contributed by atoms with E-state index in [4.69, 9.17) is 5.73 Å². The van der Waals surface area contributed by atoms with Crippen LogP contribution in [0.25, 0.3) is 0 Å². The molecule has 20 heavy (non-hydrogen) atoms. The Morgan fingerprint density at radius 1 is 1.25 bits per heavy atom. The standard InChI is InChI=1S/C14H16F2N2O2/c15-9-4-3-5-10(16)13(9)12(19)8-18-7-2-1-6-11(18)14(17)20/h3-5,11H,1-2,6-8H2,(H2,17,20). The van der Waals surface area contributed by atoms with Crippen LogP contribution in [-0.2, 0) is 4.79 Å². The number of hydrogen-bond acceptors (Lipinski definition) is 3. The van der Waals surface area contributed by atoms with Gasteiger partial charge < -0.3 is 5.73 Å². The maximum absolute atomic E-state index is 13.5. The van der Waals surface area contributed by atoms with Gasteiger partial charge in [0.1, 0.15) is 11.6 Å². The summed E-state index contributed by atoms with van der Waals surface area (Å²) in [7, 11) is 0. The van der Waals surface area contributed by atoms with Crippen molar-refractivity contribution < 1.29 is 18.4 Å². The second-order valence-corrected chi connectivity index (χ2v) is 4.90. The highest BCUT2D eigenvalue weighted by atomic mass is 19.1. The molecule has 108 valence electrons. The summed E-state index contributed by atoms with van der Waals surface area (Å²) in [5, 5.41) is 0. The zero-order valence-corrected chi connectivity index (χ0v) is 10.9. The lowest BCUT2D eigenvalue weighted by molar-refractivity contribution is -0.124. The van der Waals surface area contributed by atoms with Crippen molar-refractivity contribution in [2.24, 2.45) is 5.73 Å². The third kappa shape index (κ3) is 3.01. The molecule has 0 radical (unpaired) electrons. The van der Waals surface area contributed by atoms with Gasteiger partial charge in [0.25, 0.3) is 0 Å². The van der Waals surface area contributed by atoms with Gasteiger partial charge in [-0.2, -0.15) is 0 Å². The van der Waals surface area contributed by atoms with E-state index in [1.54, 1.807) is 4.90 Å². The van der Waals surface area contributed by atoms with E-state index in [0.717, 1.165) is 25.0 Å². The minimum absolute atomic E-state index is 0.203. The van der Waals surface area contributed by atoms with Crippen LogP contribution >= 0.6 is 0 Å². The zero-order chi connectivity index (χ0) is 14.7. The second-order valence-electron chi connectivity index (χ2n) is 4.90. The summed E-state index contributed by atoms with van der Waals surface area (Å²) in [6, 6.07) is 2.74. The number of carbonyl (C=O) groups is 2. The number of ketones is 1. The lowest BCUT2D eigenvalue weighted by atomic mass is 10.00. The molecule has 1 aromatic carbocycles. The first-order valence-corrected chi connectivity index (χ1v) is 6.51. The molecule has 1 heterocycles. The molecule has 0 bridgehead atoms. The molecule has 0 aliphatic carbocycles. The highest BCUT2D eigenvalue weighted by molar-refractivity contribution is 5.98. The number of primary amides is 1. The summed E-state index contributed by atoms with van der Waals surface area (Å²) in [6.45, 7) is 0.320. The van der Waals surface area contributed by atoms with Gasteiger partial charge in [-0.15, -0.1) is 0 Å². The minimum Gasteiger partial charge on any atom is -0.368 e. The van der Waals surface area contributed by atoms with Crippen LogP contribution in [0.3, 0.4) is 0 Å². The Bertz CT molecular complexity index is 514. The number of nitrogens with zero attached hydrogens (tertiary/aromatic N) is 1. The predicted molar refractivity (Wildman–Crippen MR) is 69.1 cm³/mol. The molecule has 2 rings (SSSR count). The van der Waals surface area contributed by atoms with Gasteiger partial charge in [0.2, 0.25) is 5.91 Å². The lowest BCUT2D eigenvalue weighted by Gasteiger charge is -2.32. The van der Waals surface area contributed by atoms with Gasteiger partial charge >= 0.3 is 0 Å². The molecular formula is C14H16F2N2O2. The summed E-state index contributed by atoms with van der Waals surface area (Å²) >= 11 is 0. The molecule has 4 nitrogen and oxygen atoms in total. The largest absolute Gasteiger partial charge is 0.368 e. The molecule has 0 spiro atoms. The highest BCUT2D eigenvalue weighted by Gasteiger charge is 2.29. The number of Topliss-reactive ketones (excluding diaryl/α,β-unsaturated/α-hetero) is 1. The molecule has 2 N–H and O–H groups in total. The maximum Gasteiger partial charge on any atom is 0.234 e. The number of amides is 1. The Morgan fingerprint density at radius 2 is 1.90 bits per heavy atom. The van der Waals surface area contributed by atoms with Gasteiger partial charge in [-0.1, -0.05) is 12.5 Å². The fraction of sp³-hybridized carbons (Fsp3) is 0.429. The van der Waals surface area contributed by atoms with Crippen LogP contribution in [0.2, 0.25) is 0 Å². The smallest absolute Gasteiger partial charge is 0.234 e. The minimum atomic E-state index is -0.886. The number of nitrogens with two attached hydrogens (primary N) is 1. The van der Waals surface area contributed by atoms with E-state index < -0.39 is 34.9 Å². The first-order chi connectivity index (χ1) is 9.50. The van der Waals surface area contributed by atoms with Crippen molar-refractivity contribution in [1.82, 2.24) is 4.90 Å². The monoisotopic (exact) mass is 282 g/mol. The van der Waals surface area contributed by atoms with E-state index in [9.17, 15) is 18.4 Å². The van der Waals surface area contributed by atoms with Crippen LogP contribution in [0.15, 0.2) is 18.2 Å². The van der Waals surface area contributed by atoms with Crippen molar-refractivity contribution >= 4 is 11.7 Å². The first kappa shape index (κ1) is 14.6. The van der Waals surface area contributed by atoms with E-state index in [-0.39, 0.29) is 6.54 Å². The fourth-order valence-corrected chi connectivity index (χ4v) is 2.53. The van der Waals surface area contributed by atoms with Crippen LogP contribution in [0.5, 0.6) is 0 Å². The molecule has 1 fully saturated rings. The number of rotatable bonds is 4. The molecule has 1 unspecified atom stereocenters. The third-order valence-corrected chi connectivity index (χ3v) is 3.53. The SMILES string of the molecule is NC(=O)C1CCCCN1CC(=O)c1c(F)cccc1F. The number of benzene rings is 1. The summed E-state index contributed by atoms with van der Waals surface area (Å²) in [4.78, 5) is 25.0. The van der Waals surface area contributed by atoms with E-state index in [0.29, 0.717) is 13.0 Å². The Hall–Kier alpha value is -1.82. The molecule has 1 saturated heterocycles. The van der Waals surface area contributed by atoms with E-state index >= 15 is 0 Å². The number of halogens is 2. The molecule has 6 heteroatoms. The summed E-state index contributed by atoms with van der Waals surface area (Å²) in [5.41, 5.74) is 4.74. The number of likely N-dealkylation sites (tertiary alicyclic amines) is 1. The lowest BCUT2D eigenvalue weighted by Crippen LogP contribution is -2.49. The van der Waals surface area contributed by atoms with Crippen molar-refractivity contribution in [3.63, 3.8) is 0 Å². The van der Waals surface area contributed by atoms with Gasteiger partial charge in [0.05, 0.1) is 18.2 Å². The van der Waals surface area contributed by atoms with E-state index in [1.807, 2.05) is 0 Å². The first-order valence-electron chi connectivity index (χ1n) is 6.51. The molecule has 1 aromatic rings. The Labute approximate surface area is 115 Å². The topological polar surface area (TPSA) is 63.4 Å². The normalized spacial score (nSPS) is 19.8. The van der Waals surface area contributed by atoms with Crippen LogP contribution in [0.4, 0.5) is 8.78 Å². The average molecular weight is 282 g/mol. The van der Waals surface area contributed by atoms with Crippen LogP contribution in [-0.4, -0.2) is 35.7 Å². The number of hydrogen-bond donors (Lipinski definition) is 1. The van der Waals surface area contributed by atoms with Crippen molar-refractivity contribution in [2.45, 2.75) is 25.3 Å². The van der Waals surface area contributed by atoms with Gasteiger partial charge in [-0.05, 0) is 31.5 Å². The summed E-state index contributed by atoms with van der Waals surface area (Å²) < 4.78 is 27.1. The Kier molecular flexibility index (Phi) is 4.44. The molecule has 1 aliphatic heterocycles. The van der Waals surface area contributed by atoms with Crippen LogP contribution in [0.1, 0.15) is 29.6 Å². The zero-order valence-electron chi connectivity index (χ0n) is 10.9. The van der Waals surface area contributed by atoms with Gasteiger partial charge in [0, 0.05) is 0 Å². The molecule has 0 aromatic heterocycles. The van der Waals surface area contributed by atoms with Crippen LogP contribution in [0, 0.1) is 11.6 Å². The predicted octanol–water partition coefficient (Wildman–Crippen LogP) is 1.49. The van der Waals surface area contributed by atoms with Crippen molar-refractivity contribution in [3.8, 4) is 0 Å². The Morgan fingerprint density at radius 3 is 2.50 bits per heavy atom. The molecule has 1 atom stereocenters. The molecule has 1 amide bonds. The van der Waals surface area contributed by atoms with E-state index in [2.05, 4.69) is 0 Å². The number of carbonyl (C=O) groups excluding carboxylic acids is 2. The van der Waals surface area contributed by atoms with Gasteiger partial charge in [0.15, 0.2) is 5.78 Å². The second kappa shape index (κ2) is 6.09. The van der Waals surface area contributed by atoms with Gasteiger partial charge in [-0.25, -0.2) is 8.78 Å². The number of piperidine rings is 1. The third-order valence-electron chi connectivity index (χ3n) is 3.53. The van der Waals surface area contributed by atoms with Crippen molar-refractivity contribution in [2.75, 3.05) is 13.1 Å². The van der Waals surface area contributed by atoms with E-state index in [1.165, 1.54) is 6.07 Å². The summed E-state index contributed by atoms with van der Waals surface area (Å²) in [5.74, 6) is -2.95. The van der Waals surface area contributed by atoms with Crippen LogP contribution < -0.4 is 5.73 Å². The average Bonchev–Trinajstić information content (AvgIpc) is 2.38. The highest BCUT2D eigenvalue weighted by Crippen LogP contribution is 2.19. The molecule has 1 aliphatic rings. The maximum atomic E-state index is 13.5. The molecule has 0 saturated carbocycles. The molecular weight excluding hydrogens is 266 g/mol. The van der Waals surface area contributed by atoms with Crippen molar-refractivity contribution in [1.29, 1.82) is 0 Å². The van der Waals surface area contributed by atoms with Crippen molar-refractivity contribution in [3.05, 3.63) is 35.4 Å². The fourth-order valence-electron chi connectivity index (χ4n) is 2.53.